The smallest absolute Gasteiger partial charge is 0.303 e. The summed E-state index contributed by atoms with van der Waals surface area (Å²) in [6.45, 7) is 0. The van der Waals surface area contributed by atoms with E-state index >= 15 is 0 Å². The van der Waals surface area contributed by atoms with Crippen LogP contribution in [0.3, 0.4) is 0 Å². The Hall–Kier alpha value is -4.07. The van der Waals surface area contributed by atoms with Gasteiger partial charge in [0.1, 0.15) is 6.04 Å². The van der Waals surface area contributed by atoms with Gasteiger partial charge in [0, 0.05) is 32.9 Å². The SMILES string of the molecule is O=C(O)CCC(=O)N1NC(c2c(-c3ccccc3)c3cc(Cl)ccc3[nH]c2=O)=C[C@H]1c1ccccc1Cl. The zero-order valence-corrected chi connectivity index (χ0v) is 20.9. The maximum absolute atomic E-state index is 13.5. The summed E-state index contributed by atoms with van der Waals surface area (Å²) in [5.74, 6) is -1.52. The van der Waals surface area contributed by atoms with E-state index in [4.69, 9.17) is 28.3 Å². The van der Waals surface area contributed by atoms with Crippen LogP contribution in [0.4, 0.5) is 0 Å². The van der Waals surface area contributed by atoms with Crippen molar-refractivity contribution in [3.05, 3.63) is 110 Å². The topological polar surface area (TPSA) is 102 Å². The quantitative estimate of drug-likeness (QED) is 0.291. The standard InChI is InChI=1S/C28H21Cl2N3O4/c29-17-10-11-21-19(14-17)26(16-6-2-1-3-7-16)27(28(37)31-21)22-15-23(18-8-4-5-9-20(18)30)33(32-22)24(34)12-13-25(35)36/h1-11,14-15,23,32H,12-13H2,(H,31,37)(H,35,36)/t23-/m0/s1. The molecule has 0 saturated heterocycles. The minimum Gasteiger partial charge on any atom is -0.481 e. The minimum absolute atomic E-state index is 0.223. The molecule has 0 aliphatic carbocycles. The van der Waals surface area contributed by atoms with Crippen LogP contribution in [-0.4, -0.2) is 27.0 Å². The highest BCUT2D eigenvalue weighted by atomic mass is 35.5. The monoisotopic (exact) mass is 533 g/mol. The van der Waals surface area contributed by atoms with Crippen molar-refractivity contribution in [2.75, 3.05) is 0 Å². The molecule has 3 N–H and O–H groups in total. The number of carbonyl (C=O) groups is 2. The first-order chi connectivity index (χ1) is 17.8. The number of carboxylic acids is 1. The molecule has 9 heteroatoms. The van der Waals surface area contributed by atoms with Gasteiger partial charge >= 0.3 is 5.97 Å². The largest absolute Gasteiger partial charge is 0.481 e. The van der Waals surface area contributed by atoms with Crippen molar-refractivity contribution in [2.24, 2.45) is 0 Å². The van der Waals surface area contributed by atoms with E-state index in [0.717, 1.165) is 10.9 Å². The Morgan fingerprint density at radius 3 is 2.38 bits per heavy atom. The van der Waals surface area contributed by atoms with E-state index in [1.54, 1.807) is 48.5 Å². The molecule has 0 spiro atoms. The summed E-state index contributed by atoms with van der Waals surface area (Å²) in [6.07, 6.45) is 1.21. The number of rotatable bonds is 6. The fraction of sp³-hybridized carbons (Fsp3) is 0.107. The highest BCUT2D eigenvalue weighted by molar-refractivity contribution is 6.32. The van der Waals surface area contributed by atoms with Crippen molar-refractivity contribution in [3.8, 4) is 11.1 Å². The minimum atomic E-state index is -1.08. The van der Waals surface area contributed by atoms with E-state index in [-0.39, 0.29) is 18.4 Å². The summed E-state index contributed by atoms with van der Waals surface area (Å²) in [6, 6.07) is 21.1. The van der Waals surface area contributed by atoms with Crippen molar-refractivity contribution >= 4 is 51.7 Å². The molecule has 7 nitrogen and oxygen atoms in total. The predicted molar refractivity (Wildman–Crippen MR) is 144 cm³/mol. The van der Waals surface area contributed by atoms with Gasteiger partial charge in [-0.05, 0) is 41.5 Å². The van der Waals surface area contributed by atoms with Gasteiger partial charge < -0.3 is 10.1 Å². The van der Waals surface area contributed by atoms with Crippen LogP contribution in [0.2, 0.25) is 10.0 Å². The molecule has 0 bridgehead atoms. The molecule has 0 saturated carbocycles. The number of H-pyrrole nitrogens is 1. The number of aliphatic carboxylic acids is 1. The number of hydrogen-bond acceptors (Lipinski definition) is 4. The normalized spacial score (nSPS) is 14.9. The molecule has 4 aromatic rings. The lowest BCUT2D eigenvalue weighted by atomic mass is 9.94. The molecule has 1 amide bonds. The van der Waals surface area contributed by atoms with Crippen LogP contribution in [0.25, 0.3) is 27.7 Å². The highest BCUT2D eigenvalue weighted by Crippen LogP contribution is 2.39. The summed E-state index contributed by atoms with van der Waals surface area (Å²) >= 11 is 12.8. The first-order valence-corrected chi connectivity index (χ1v) is 12.3. The van der Waals surface area contributed by atoms with Gasteiger partial charge in [0.05, 0.1) is 17.7 Å². The lowest BCUT2D eigenvalue weighted by molar-refractivity contribution is -0.142. The van der Waals surface area contributed by atoms with E-state index in [1.807, 2.05) is 30.3 Å². The van der Waals surface area contributed by atoms with Gasteiger partial charge in [0.2, 0.25) is 5.91 Å². The van der Waals surface area contributed by atoms with Gasteiger partial charge in [-0.15, -0.1) is 0 Å². The average Bonchev–Trinajstić information content (AvgIpc) is 3.32. The molecule has 0 radical (unpaired) electrons. The average molecular weight is 534 g/mol. The second-order valence-electron chi connectivity index (χ2n) is 8.58. The Bertz CT molecular complexity index is 1620. The van der Waals surface area contributed by atoms with E-state index in [9.17, 15) is 14.4 Å². The number of amides is 1. The van der Waals surface area contributed by atoms with Gasteiger partial charge in [-0.3, -0.25) is 19.8 Å². The van der Waals surface area contributed by atoms with Gasteiger partial charge in [-0.1, -0.05) is 71.7 Å². The summed E-state index contributed by atoms with van der Waals surface area (Å²) in [4.78, 5) is 40.7. The Balaban J connectivity index is 1.72. The first kappa shape index (κ1) is 24.6. The van der Waals surface area contributed by atoms with Crippen LogP contribution in [0, 0.1) is 0 Å². The molecule has 5 rings (SSSR count). The second kappa shape index (κ2) is 10.1. The van der Waals surface area contributed by atoms with Crippen LogP contribution in [0.5, 0.6) is 0 Å². The number of aromatic nitrogens is 1. The molecule has 1 atom stereocenters. The van der Waals surface area contributed by atoms with E-state index in [1.165, 1.54) is 5.01 Å². The summed E-state index contributed by atoms with van der Waals surface area (Å²) in [7, 11) is 0. The van der Waals surface area contributed by atoms with E-state index in [0.29, 0.717) is 37.9 Å². The maximum atomic E-state index is 13.5. The Labute approximate surface area is 221 Å². The fourth-order valence-electron chi connectivity index (χ4n) is 4.53. The molecule has 3 aromatic carbocycles. The van der Waals surface area contributed by atoms with Gasteiger partial charge in [-0.25, -0.2) is 5.01 Å². The third-order valence-corrected chi connectivity index (χ3v) is 6.78. The maximum Gasteiger partial charge on any atom is 0.303 e. The number of carbonyl (C=O) groups excluding carboxylic acids is 1. The van der Waals surface area contributed by atoms with Crippen molar-refractivity contribution in [2.45, 2.75) is 18.9 Å². The summed E-state index contributed by atoms with van der Waals surface area (Å²) < 4.78 is 0. The number of halogens is 2. The summed E-state index contributed by atoms with van der Waals surface area (Å²) in [5, 5.41) is 12.1. The van der Waals surface area contributed by atoms with Gasteiger partial charge in [-0.2, -0.15) is 0 Å². The second-order valence-corrected chi connectivity index (χ2v) is 9.42. The summed E-state index contributed by atoms with van der Waals surface area (Å²) in [5.41, 5.74) is 6.15. The number of hydrazine groups is 1. The number of fused-ring (bicyclic) bond motifs is 1. The molecule has 1 aromatic heterocycles. The van der Waals surface area contributed by atoms with Gasteiger partial charge in [0.15, 0.2) is 0 Å². The highest BCUT2D eigenvalue weighted by Gasteiger charge is 2.34. The molecule has 2 heterocycles. The molecular weight excluding hydrogens is 513 g/mol. The Morgan fingerprint density at radius 2 is 1.65 bits per heavy atom. The number of nitrogens with one attached hydrogen (secondary N) is 2. The Morgan fingerprint density at radius 1 is 0.919 bits per heavy atom. The first-order valence-electron chi connectivity index (χ1n) is 11.5. The molecule has 37 heavy (non-hydrogen) atoms. The molecule has 0 fully saturated rings. The number of carboxylic acid groups (broad SMARTS) is 1. The van der Waals surface area contributed by atoms with Gasteiger partial charge in [0.25, 0.3) is 5.56 Å². The Kier molecular flexibility index (Phi) is 6.74. The molecule has 186 valence electrons. The van der Waals surface area contributed by atoms with Crippen molar-refractivity contribution < 1.29 is 14.7 Å². The van der Waals surface area contributed by atoms with Crippen LogP contribution in [0.1, 0.15) is 30.0 Å². The molecular formula is C28H21Cl2N3O4. The van der Waals surface area contributed by atoms with Crippen LogP contribution in [-0.2, 0) is 9.59 Å². The van der Waals surface area contributed by atoms with Crippen molar-refractivity contribution in [3.63, 3.8) is 0 Å². The zero-order valence-electron chi connectivity index (χ0n) is 19.4. The number of nitrogens with zero attached hydrogens (tertiary/aromatic N) is 1. The van der Waals surface area contributed by atoms with Crippen LogP contribution < -0.4 is 11.0 Å². The van der Waals surface area contributed by atoms with Crippen LogP contribution >= 0.6 is 23.2 Å². The molecule has 0 unspecified atom stereocenters. The lowest BCUT2D eigenvalue weighted by Crippen LogP contribution is -2.40. The van der Waals surface area contributed by atoms with Crippen molar-refractivity contribution in [1.29, 1.82) is 0 Å². The number of aromatic amines is 1. The number of hydrogen-bond donors (Lipinski definition) is 3. The molecule has 1 aliphatic heterocycles. The van der Waals surface area contributed by atoms with Crippen LogP contribution in [0.15, 0.2) is 83.7 Å². The zero-order chi connectivity index (χ0) is 26.1. The number of pyridine rings is 1. The third-order valence-electron chi connectivity index (χ3n) is 6.20. The third kappa shape index (κ3) is 4.83. The molecule has 1 aliphatic rings. The predicted octanol–water partition coefficient (Wildman–Crippen LogP) is 5.80. The van der Waals surface area contributed by atoms with E-state index in [2.05, 4.69) is 10.4 Å². The van der Waals surface area contributed by atoms with E-state index < -0.39 is 17.9 Å². The number of benzene rings is 3. The lowest BCUT2D eigenvalue weighted by Gasteiger charge is -2.26. The fourth-order valence-corrected chi connectivity index (χ4v) is 4.95. The van der Waals surface area contributed by atoms with Crippen molar-refractivity contribution in [1.82, 2.24) is 15.4 Å².